The summed E-state index contributed by atoms with van der Waals surface area (Å²) in [5.74, 6) is 0.110. The molecule has 136 valence electrons. The summed E-state index contributed by atoms with van der Waals surface area (Å²) >= 11 is 1.93. The number of para-hydroxylation sites is 2. The van der Waals surface area contributed by atoms with Crippen LogP contribution < -0.4 is 4.90 Å². The zero-order valence-electron chi connectivity index (χ0n) is 15.3. The smallest absolute Gasteiger partial charge is 0.0963 e. The largest absolute Gasteiger partial charge is 0.332 e. The predicted molar refractivity (Wildman–Crippen MR) is 116 cm³/mol. The number of rotatable bonds is 2. The van der Waals surface area contributed by atoms with Gasteiger partial charge in [-0.05, 0) is 30.2 Å². The van der Waals surface area contributed by atoms with Crippen molar-refractivity contribution in [3.8, 4) is 6.07 Å². The van der Waals surface area contributed by atoms with Gasteiger partial charge in [-0.15, -0.1) is 11.8 Å². The first kappa shape index (κ1) is 17.1. The van der Waals surface area contributed by atoms with Gasteiger partial charge in [-0.2, -0.15) is 5.26 Å². The maximum atomic E-state index is 9.34. The Labute approximate surface area is 169 Å². The molecule has 2 aliphatic heterocycles. The van der Waals surface area contributed by atoms with Gasteiger partial charge in [0.2, 0.25) is 0 Å². The predicted octanol–water partition coefficient (Wildman–Crippen LogP) is 5.76. The van der Waals surface area contributed by atoms with Crippen LogP contribution in [0.3, 0.4) is 0 Å². The summed E-state index contributed by atoms with van der Waals surface area (Å²) in [5.41, 5.74) is 4.39. The van der Waals surface area contributed by atoms with Crippen molar-refractivity contribution >= 4 is 29.4 Å². The molecule has 0 spiro atoms. The first-order chi connectivity index (χ1) is 13.8. The molecule has 0 N–H and O–H groups in total. The number of aliphatic imine (C=N–C) groups is 1. The van der Waals surface area contributed by atoms with Crippen molar-refractivity contribution in [2.45, 2.75) is 28.5 Å². The van der Waals surface area contributed by atoms with Gasteiger partial charge in [0.25, 0.3) is 0 Å². The molecule has 0 amide bonds. The summed E-state index contributed by atoms with van der Waals surface area (Å²) in [6, 6.07) is 19.7. The van der Waals surface area contributed by atoms with Gasteiger partial charge >= 0.3 is 0 Å². The number of fused-ring (bicyclic) bond motifs is 2. The number of hydrogen-bond donors (Lipinski definition) is 0. The van der Waals surface area contributed by atoms with Gasteiger partial charge in [-0.1, -0.05) is 54.6 Å². The minimum atomic E-state index is 0.110. The Morgan fingerprint density at radius 3 is 2.68 bits per heavy atom. The van der Waals surface area contributed by atoms with Crippen molar-refractivity contribution in [2.75, 3.05) is 4.90 Å². The Bertz CT molecular complexity index is 1070. The molecule has 3 aliphatic rings. The van der Waals surface area contributed by atoms with Crippen molar-refractivity contribution in [1.29, 1.82) is 5.26 Å². The van der Waals surface area contributed by atoms with E-state index in [0.717, 1.165) is 5.57 Å². The first-order valence-corrected chi connectivity index (χ1v) is 10.3. The van der Waals surface area contributed by atoms with Gasteiger partial charge in [0.05, 0.1) is 23.0 Å². The first-order valence-electron chi connectivity index (χ1n) is 9.46. The maximum Gasteiger partial charge on any atom is 0.0963 e. The van der Waals surface area contributed by atoms with Gasteiger partial charge in [0.15, 0.2) is 0 Å². The molecule has 2 heterocycles. The molecule has 28 heavy (non-hydrogen) atoms. The Kier molecular flexibility index (Phi) is 4.38. The van der Waals surface area contributed by atoms with E-state index in [1.165, 1.54) is 21.8 Å². The second kappa shape index (κ2) is 7.18. The molecular weight excluding hydrogens is 362 g/mol. The van der Waals surface area contributed by atoms with E-state index >= 15 is 0 Å². The van der Waals surface area contributed by atoms with Crippen LogP contribution in [0.25, 0.3) is 0 Å². The van der Waals surface area contributed by atoms with Crippen LogP contribution in [-0.2, 0) is 0 Å². The highest BCUT2D eigenvalue weighted by atomic mass is 32.2. The van der Waals surface area contributed by atoms with E-state index < -0.39 is 0 Å². The topological polar surface area (TPSA) is 39.4 Å². The molecule has 0 bridgehead atoms. The highest BCUT2D eigenvalue weighted by Gasteiger charge is 2.35. The lowest BCUT2D eigenvalue weighted by Gasteiger charge is -2.43. The third-order valence-electron chi connectivity index (χ3n) is 5.42. The fourth-order valence-corrected chi connectivity index (χ4v) is 5.39. The summed E-state index contributed by atoms with van der Waals surface area (Å²) in [6.45, 7) is 0. The molecule has 0 fully saturated rings. The molecule has 0 aromatic heterocycles. The van der Waals surface area contributed by atoms with Crippen LogP contribution >= 0.6 is 11.8 Å². The van der Waals surface area contributed by atoms with Gasteiger partial charge in [0, 0.05) is 34.5 Å². The van der Waals surface area contributed by atoms with Gasteiger partial charge < -0.3 is 4.90 Å². The number of allylic oxidation sites excluding steroid dienone is 3. The monoisotopic (exact) mass is 381 g/mol. The molecule has 3 nitrogen and oxygen atoms in total. The quantitative estimate of drug-likeness (QED) is 0.664. The van der Waals surface area contributed by atoms with Crippen molar-refractivity contribution < 1.29 is 0 Å². The Hall–Kier alpha value is -3.03. The average molecular weight is 382 g/mol. The minimum absolute atomic E-state index is 0.110. The van der Waals surface area contributed by atoms with E-state index in [-0.39, 0.29) is 12.0 Å². The van der Waals surface area contributed by atoms with Gasteiger partial charge in [-0.25, -0.2) is 0 Å². The number of thioether (sulfide) groups is 1. The van der Waals surface area contributed by atoms with Crippen molar-refractivity contribution in [3.05, 3.63) is 90.2 Å². The molecule has 0 saturated heterocycles. The van der Waals surface area contributed by atoms with Crippen LogP contribution in [0.15, 0.2) is 94.5 Å². The van der Waals surface area contributed by atoms with Crippen LogP contribution in [0.1, 0.15) is 17.9 Å². The number of anilines is 2. The summed E-state index contributed by atoms with van der Waals surface area (Å²) in [4.78, 5) is 8.10. The van der Waals surface area contributed by atoms with E-state index in [1.807, 2.05) is 18.0 Å². The van der Waals surface area contributed by atoms with Crippen LogP contribution in [0.5, 0.6) is 0 Å². The fraction of sp³-hybridized carbons (Fsp3) is 0.167. The Balaban J connectivity index is 1.64. The molecular formula is C24H19N3S. The zero-order valence-corrected chi connectivity index (χ0v) is 16.1. The standard InChI is InChI=1S/C24H19N3S/c25-14-17-13-18(16-26-15-17)19-7-1-2-8-20(19)27-21-9-3-5-11-23(21)28-24-12-6-4-10-22(24)27/h1-12,15-16,18,21,23H,13H2. The molecule has 3 atom stereocenters. The summed E-state index contributed by atoms with van der Waals surface area (Å²) in [7, 11) is 0. The van der Waals surface area contributed by atoms with Crippen molar-refractivity contribution in [3.63, 3.8) is 0 Å². The lowest BCUT2D eigenvalue weighted by molar-refractivity contribution is 0.767. The normalized spacial score (nSPS) is 24.9. The molecule has 2 aromatic carbocycles. The lowest BCUT2D eigenvalue weighted by atomic mass is 9.89. The fourth-order valence-electron chi connectivity index (χ4n) is 4.13. The van der Waals surface area contributed by atoms with Gasteiger partial charge in [0.1, 0.15) is 0 Å². The summed E-state index contributed by atoms with van der Waals surface area (Å²) in [5, 5.41) is 9.71. The van der Waals surface area contributed by atoms with E-state index in [4.69, 9.17) is 0 Å². The van der Waals surface area contributed by atoms with Gasteiger partial charge in [-0.3, -0.25) is 4.99 Å². The number of nitrogens with zero attached hydrogens (tertiary/aromatic N) is 3. The third-order valence-corrected chi connectivity index (χ3v) is 6.73. The Morgan fingerprint density at radius 2 is 1.79 bits per heavy atom. The van der Waals surface area contributed by atoms with Crippen LogP contribution in [0, 0.1) is 11.3 Å². The third kappa shape index (κ3) is 2.89. The summed E-state index contributed by atoms with van der Waals surface area (Å²) in [6.07, 6.45) is 13.2. The number of hydrogen-bond acceptors (Lipinski definition) is 4. The molecule has 3 unspecified atom stereocenters. The number of nitriles is 1. The second-order valence-corrected chi connectivity index (χ2v) is 8.33. The second-order valence-electron chi connectivity index (χ2n) is 7.11. The SMILES string of the molecule is N#CC1=CN=CC(c2ccccc2N2c3ccccc3SC3C=CC=CC32)C1. The van der Waals surface area contributed by atoms with E-state index in [2.05, 4.69) is 88.8 Å². The Morgan fingerprint density at radius 1 is 1.00 bits per heavy atom. The van der Waals surface area contributed by atoms with Crippen LogP contribution in [0.2, 0.25) is 0 Å². The summed E-state index contributed by atoms with van der Waals surface area (Å²) < 4.78 is 0. The average Bonchev–Trinajstić information content (AvgIpc) is 2.77. The number of benzene rings is 2. The highest BCUT2D eigenvalue weighted by molar-refractivity contribution is 8.00. The molecule has 5 rings (SSSR count). The highest BCUT2D eigenvalue weighted by Crippen LogP contribution is 2.48. The molecule has 4 heteroatoms. The minimum Gasteiger partial charge on any atom is -0.332 e. The van der Waals surface area contributed by atoms with Crippen molar-refractivity contribution in [2.24, 2.45) is 4.99 Å². The lowest BCUT2D eigenvalue weighted by Crippen LogP contribution is -2.41. The zero-order chi connectivity index (χ0) is 18.9. The molecule has 0 saturated carbocycles. The van der Waals surface area contributed by atoms with E-state index in [9.17, 15) is 5.26 Å². The molecule has 0 radical (unpaired) electrons. The molecule has 2 aromatic rings. The van der Waals surface area contributed by atoms with Crippen LogP contribution in [-0.4, -0.2) is 17.5 Å². The maximum absolute atomic E-state index is 9.34. The van der Waals surface area contributed by atoms with Crippen LogP contribution in [0.4, 0.5) is 11.4 Å². The van der Waals surface area contributed by atoms with E-state index in [1.54, 1.807) is 6.20 Å². The van der Waals surface area contributed by atoms with E-state index in [0.29, 0.717) is 11.7 Å². The molecule has 1 aliphatic carbocycles. The van der Waals surface area contributed by atoms with Crippen molar-refractivity contribution in [1.82, 2.24) is 0 Å².